The first-order chi connectivity index (χ1) is 11.8. The highest BCUT2D eigenvalue weighted by Crippen LogP contribution is 2.29. The van der Waals surface area contributed by atoms with Crippen LogP contribution in [0.3, 0.4) is 0 Å². The van der Waals surface area contributed by atoms with Gasteiger partial charge in [0.25, 0.3) is 5.56 Å². The van der Waals surface area contributed by atoms with Crippen molar-refractivity contribution in [1.29, 1.82) is 0 Å². The van der Waals surface area contributed by atoms with Crippen LogP contribution in [0.2, 0.25) is 0 Å². The number of rotatable bonds is 3. The van der Waals surface area contributed by atoms with Crippen molar-refractivity contribution < 1.29 is 8.42 Å². The first kappa shape index (κ1) is 17.6. The fourth-order valence-corrected chi connectivity index (χ4v) is 4.86. The second-order valence-corrected chi connectivity index (χ2v) is 8.25. The van der Waals surface area contributed by atoms with Gasteiger partial charge in [0.1, 0.15) is 0 Å². The number of hydrogen-bond donors (Lipinski definition) is 0. The SMILES string of the molecule is Cn1cc(S(=O)(=O)N2CCC(c3ccccc3)CC2)c(=O)n(C)c1=O. The predicted octanol–water partition coefficient (Wildman–Crippen LogP) is 0.652. The molecule has 2 aromatic rings. The Hall–Kier alpha value is -2.19. The van der Waals surface area contributed by atoms with Crippen LogP contribution in [0.5, 0.6) is 0 Å². The summed E-state index contributed by atoms with van der Waals surface area (Å²) >= 11 is 0. The van der Waals surface area contributed by atoms with Crippen molar-refractivity contribution in [3.05, 3.63) is 62.9 Å². The summed E-state index contributed by atoms with van der Waals surface area (Å²) < 4.78 is 29.0. The van der Waals surface area contributed by atoms with Gasteiger partial charge in [0.05, 0.1) is 0 Å². The molecule has 0 unspecified atom stereocenters. The maximum Gasteiger partial charge on any atom is 0.330 e. The number of sulfonamides is 1. The molecule has 1 aliphatic rings. The average molecular weight is 363 g/mol. The maximum absolute atomic E-state index is 12.9. The zero-order valence-corrected chi connectivity index (χ0v) is 15.1. The Morgan fingerprint density at radius 3 is 2.20 bits per heavy atom. The van der Waals surface area contributed by atoms with Crippen LogP contribution in [0.15, 0.2) is 51.0 Å². The number of piperidine rings is 1. The standard InChI is InChI=1S/C17H21N3O4S/c1-18-12-15(16(21)19(2)17(18)22)25(23,24)20-10-8-14(9-11-20)13-6-4-3-5-7-13/h3-7,12,14H,8-11H2,1-2H3. The molecule has 1 aromatic heterocycles. The summed E-state index contributed by atoms with van der Waals surface area (Å²) in [6.45, 7) is 0.710. The number of aromatic nitrogens is 2. The van der Waals surface area contributed by atoms with Gasteiger partial charge >= 0.3 is 5.69 Å². The molecule has 1 saturated heterocycles. The lowest BCUT2D eigenvalue weighted by Gasteiger charge is -2.31. The summed E-state index contributed by atoms with van der Waals surface area (Å²) in [6, 6.07) is 10.0. The van der Waals surface area contributed by atoms with Crippen LogP contribution in [0.1, 0.15) is 24.3 Å². The third-order valence-electron chi connectivity index (χ3n) is 4.76. The minimum Gasteiger partial charge on any atom is -0.302 e. The fourth-order valence-electron chi connectivity index (χ4n) is 3.25. The highest BCUT2D eigenvalue weighted by Gasteiger charge is 2.32. The van der Waals surface area contributed by atoms with Crippen molar-refractivity contribution in [1.82, 2.24) is 13.4 Å². The lowest BCUT2D eigenvalue weighted by molar-refractivity contribution is 0.318. The molecule has 25 heavy (non-hydrogen) atoms. The number of benzene rings is 1. The smallest absolute Gasteiger partial charge is 0.302 e. The van der Waals surface area contributed by atoms with E-state index in [1.165, 1.54) is 24.0 Å². The van der Waals surface area contributed by atoms with Crippen LogP contribution in [0.25, 0.3) is 0 Å². The quantitative estimate of drug-likeness (QED) is 0.802. The van der Waals surface area contributed by atoms with E-state index in [4.69, 9.17) is 0 Å². The molecule has 8 heteroatoms. The van der Waals surface area contributed by atoms with Gasteiger partial charge in [-0.2, -0.15) is 4.31 Å². The summed E-state index contributed by atoms with van der Waals surface area (Å²) in [5.74, 6) is 0.315. The molecule has 0 aliphatic carbocycles. The zero-order valence-electron chi connectivity index (χ0n) is 14.3. The number of aryl methyl sites for hydroxylation is 1. The highest BCUT2D eigenvalue weighted by atomic mass is 32.2. The largest absolute Gasteiger partial charge is 0.330 e. The third kappa shape index (κ3) is 3.19. The second-order valence-electron chi connectivity index (χ2n) is 6.34. The first-order valence-electron chi connectivity index (χ1n) is 8.14. The molecule has 0 amide bonds. The summed E-state index contributed by atoms with van der Waals surface area (Å²) in [6.07, 6.45) is 2.52. The van der Waals surface area contributed by atoms with Gasteiger partial charge in [-0.15, -0.1) is 0 Å². The Bertz CT molecular complexity index is 985. The minimum absolute atomic E-state index is 0.315. The lowest BCUT2D eigenvalue weighted by Crippen LogP contribution is -2.44. The molecular formula is C17H21N3O4S. The Morgan fingerprint density at radius 2 is 1.60 bits per heavy atom. The Kier molecular flexibility index (Phi) is 4.66. The molecule has 0 spiro atoms. The van der Waals surface area contributed by atoms with Gasteiger partial charge in [-0.05, 0) is 24.3 Å². The van der Waals surface area contributed by atoms with Crippen molar-refractivity contribution in [3.63, 3.8) is 0 Å². The van der Waals surface area contributed by atoms with E-state index < -0.39 is 21.3 Å². The molecular weight excluding hydrogens is 342 g/mol. The monoisotopic (exact) mass is 363 g/mol. The molecule has 1 aromatic carbocycles. The van der Waals surface area contributed by atoms with E-state index in [0.717, 1.165) is 15.3 Å². The van der Waals surface area contributed by atoms with Gasteiger partial charge in [0.2, 0.25) is 10.0 Å². The molecule has 3 rings (SSSR count). The molecule has 0 radical (unpaired) electrons. The van der Waals surface area contributed by atoms with Crippen LogP contribution in [0, 0.1) is 0 Å². The fraction of sp³-hybridized carbons (Fsp3) is 0.412. The van der Waals surface area contributed by atoms with Gasteiger partial charge in [-0.25, -0.2) is 13.2 Å². The molecule has 1 aliphatic heterocycles. The van der Waals surface area contributed by atoms with E-state index in [2.05, 4.69) is 12.1 Å². The van der Waals surface area contributed by atoms with Gasteiger partial charge in [0, 0.05) is 33.4 Å². The minimum atomic E-state index is -3.92. The van der Waals surface area contributed by atoms with Gasteiger partial charge < -0.3 is 4.57 Å². The van der Waals surface area contributed by atoms with Gasteiger partial charge in [0.15, 0.2) is 4.90 Å². The van der Waals surface area contributed by atoms with Crippen LogP contribution in [-0.2, 0) is 24.1 Å². The molecule has 1 fully saturated rings. The predicted molar refractivity (Wildman–Crippen MR) is 94.1 cm³/mol. The molecule has 0 atom stereocenters. The molecule has 134 valence electrons. The average Bonchev–Trinajstić information content (AvgIpc) is 2.63. The van der Waals surface area contributed by atoms with Crippen LogP contribution >= 0.6 is 0 Å². The van der Waals surface area contributed by atoms with Crippen LogP contribution in [-0.4, -0.2) is 34.9 Å². The number of nitrogens with zero attached hydrogens (tertiary/aromatic N) is 3. The molecule has 2 heterocycles. The summed E-state index contributed by atoms with van der Waals surface area (Å²) in [5, 5.41) is 0. The van der Waals surface area contributed by atoms with E-state index in [1.807, 2.05) is 18.2 Å². The van der Waals surface area contributed by atoms with E-state index in [1.54, 1.807) is 0 Å². The summed E-state index contributed by atoms with van der Waals surface area (Å²) in [5.41, 5.74) is -0.127. The van der Waals surface area contributed by atoms with Crippen molar-refractivity contribution in [2.45, 2.75) is 23.7 Å². The van der Waals surface area contributed by atoms with Crippen molar-refractivity contribution in [2.75, 3.05) is 13.1 Å². The Labute approximate surface area is 146 Å². The first-order valence-corrected chi connectivity index (χ1v) is 9.58. The van der Waals surface area contributed by atoms with Gasteiger partial charge in [-0.3, -0.25) is 9.36 Å². The Balaban J connectivity index is 1.86. The van der Waals surface area contributed by atoms with E-state index in [9.17, 15) is 18.0 Å². The van der Waals surface area contributed by atoms with Crippen molar-refractivity contribution in [3.8, 4) is 0 Å². The lowest BCUT2D eigenvalue weighted by atomic mass is 9.90. The molecule has 0 N–H and O–H groups in total. The summed E-state index contributed by atoms with van der Waals surface area (Å²) in [4.78, 5) is 23.7. The highest BCUT2D eigenvalue weighted by molar-refractivity contribution is 7.89. The molecule has 7 nitrogen and oxygen atoms in total. The van der Waals surface area contributed by atoms with Crippen LogP contribution in [0.4, 0.5) is 0 Å². The summed E-state index contributed by atoms with van der Waals surface area (Å²) in [7, 11) is -1.20. The van der Waals surface area contributed by atoms with E-state index >= 15 is 0 Å². The second kappa shape index (κ2) is 6.61. The molecule has 0 saturated carbocycles. The van der Waals surface area contributed by atoms with E-state index in [-0.39, 0.29) is 4.90 Å². The Morgan fingerprint density at radius 1 is 1.00 bits per heavy atom. The van der Waals surface area contributed by atoms with Crippen LogP contribution < -0.4 is 11.2 Å². The van der Waals surface area contributed by atoms with Crippen molar-refractivity contribution in [2.24, 2.45) is 14.1 Å². The third-order valence-corrected chi connectivity index (χ3v) is 6.64. The number of hydrogen-bond acceptors (Lipinski definition) is 4. The topological polar surface area (TPSA) is 81.4 Å². The normalized spacial score (nSPS) is 16.9. The maximum atomic E-state index is 12.9. The zero-order chi connectivity index (χ0) is 18.2. The van der Waals surface area contributed by atoms with E-state index in [0.29, 0.717) is 31.8 Å². The van der Waals surface area contributed by atoms with Crippen molar-refractivity contribution >= 4 is 10.0 Å². The molecule has 0 bridgehead atoms. The van der Waals surface area contributed by atoms with Gasteiger partial charge in [-0.1, -0.05) is 30.3 Å².